The van der Waals surface area contributed by atoms with Crippen LogP contribution in [0.5, 0.6) is 0 Å². The lowest BCUT2D eigenvalue weighted by atomic mass is 10.1. The molecule has 1 aromatic carbocycles. The summed E-state index contributed by atoms with van der Waals surface area (Å²) in [5.41, 5.74) is 2.67. The van der Waals surface area contributed by atoms with Gasteiger partial charge in [-0.25, -0.2) is 0 Å². The Bertz CT molecular complexity index is 436. The average molecular weight is 340 g/mol. The molecule has 0 aliphatic carbocycles. The van der Waals surface area contributed by atoms with Crippen LogP contribution in [-0.4, -0.2) is 44.7 Å². The number of nitrogens with one attached hydrogen (secondary N) is 1. The first kappa shape index (κ1) is 15.8. The number of nitrogens with zero attached hydrogens (tertiary/aromatic N) is 2. The van der Waals surface area contributed by atoms with E-state index in [9.17, 15) is 0 Å². The maximum Gasteiger partial charge on any atom is 0.0378 e. The molecule has 1 aromatic rings. The molecule has 0 amide bonds. The highest BCUT2D eigenvalue weighted by atomic mass is 79.9. The third kappa shape index (κ3) is 3.96. The molecule has 1 fully saturated rings. The molecule has 0 radical (unpaired) electrons. The fourth-order valence-corrected chi connectivity index (χ4v) is 3.49. The highest BCUT2D eigenvalue weighted by molar-refractivity contribution is 9.10. The molecule has 1 saturated heterocycles. The fraction of sp³-hybridized carbons (Fsp3) is 0.625. The lowest BCUT2D eigenvalue weighted by Crippen LogP contribution is -2.28. The third-order valence-corrected chi connectivity index (χ3v) is 4.73. The number of halogens is 1. The van der Waals surface area contributed by atoms with E-state index in [2.05, 4.69) is 70.1 Å². The van der Waals surface area contributed by atoms with E-state index in [1.807, 2.05) is 0 Å². The first-order chi connectivity index (χ1) is 9.61. The number of anilines is 1. The molecule has 0 saturated carbocycles. The van der Waals surface area contributed by atoms with E-state index in [0.29, 0.717) is 6.04 Å². The first-order valence-electron chi connectivity index (χ1n) is 7.58. The number of rotatable bonds is 4. The first-order valence-corrected chi connectivity index (χ1v) is 8.37. The lowest BCUT2D eigenvalue weighted by molar-refractivity contribution is 0.360. The van der Waals surface area contributed by atoms with E-state index in [-0.39, 0.29) is 0 Å². The zero-order valence-electron chi connectivity index (χ0n) is 12.8. The van der Waals surface area contributed by atoms with Gasteiger partial charge in [-0.3, -0.25) is 0 Å². The van der Waals surface area contributed by atoms with E-state index >= 15 is 0 Å². The molecule has 0 spiro atoms. The highest BCUT2D eigenvalue weighted by Crippen LogP contribution is 2.28. The van der Waals surface area contributed by atoms with Gasteiger partial charge in [0.2, 0.25) is 0 Å². The van der Waals surface area contributed by atoms with E-state index in [1.165, 1.54) is 28.7 Å². The lowest BCUT2D eigenvalue weighted by Gasteiger charge is -2.24. The van der Waals surface area contributed by atoms with Gasteiger partial charge in [0.25, 0.3) is 0 Å². The van der Waals surface area contributed by atoms with Crippen LogP contribution in [0.25, 0.3) is 0 Å². The second kappa shape index (κ2) is 7.43. The molecule has 1 N–H and O–H groups in total. The van der Waals surface area contributed by atoms with Gasteiger partial charge in [-0.1, -0.05) is 28.9 Å². The Morgan fingerprint density at radius 2 is 2.05 bits per heavy atom. The molecule has 2 rings (SSSR count). The Hall–Kier alpha value is -0.580. The van der Waals surface area contributed by atoms with Crippen molar-refractivity contribution in [3.05, 3.63) is 28.2 Å². The molecule has 112 valence electrons. The average Bonchev–Trinajstić information content (AvgIpc) is 2.63. The smallest absolute Gasteiger partial charge is 0.0378 e. The monoisotopic (exact) mass is 339 g/mol. The summed E-state index contributed by atoms with van der Waals surface area (Å²) in [6.45, 7) is 9.97. The molecule has 3 nitrogen and oxygen atoms in total. The van der Waals surface area contributed by atoms with Crippen molar-refractivity contribution in [1.82, 2.24) is 10.2 Å². The zero-order chi connectivity index (χ0) is 14.5. The summed E-state index contributed by atoms with van der Waals surface area (Å²) in [6.07, 6.45) is 1.24. The second-order valence-electron chi connectivity index (χ2n) is 5.63. The minimum absolute atomic E-state index is 0.388. The Kier molecular flexibility index (Phi) is 5.87. The van der Waals surface area contributed by atoms with Crippen molar-refractivity contribution in [1.29, 1.82) is 0 Å². The Morgan fingerprint density at radius 3 is 2.75 bits per heavy atom. The van der Waals surface area contributed by atoms with Crippen molar-refractivity contribution >= 4 is 21.6 Å². The SMILES string of the molecule is CCNC(C)c1ccc(N2CCCN(C)CC2)cc1Br. The van der Waals surface area contributed by atoms with Crippen molar-refractivity contribution in [2.75, 3.05) is 44.7 Å². The topological polar surface area (TPSA) is 18.5 Å². The summed E-state index contributed by atoms with van der Waals surface area (Å²) in [5.74, 6) is 0. The summed E-state index contributed by atoms with van der Waals surface area (Å²) in [5, 5.41) is 3.47. The Balaban J connectivity index is 2.11. The van der Waals surface area contributed by atoms with Crippen LogP contribution in [0.4, 0.5) is 5.69 Å². The van der Waals surface area contributed by atoms with Gasteiger partial charge in [-0.15, -0.1) is 0 Å². The van der Waals surface area contributed by atoms with Crippen LogP contribution in [0.15, 0.2) is 22.7 Å². The van der Waals surface area contributed by atoms with Gasteiger partial charge < -0.3 is 15.1 Å². The zero-order valence-corrected chi connectivity index (χ0v) is 14.4. The molecule has 1 aliphatic heterocycles. The minimum Gasteiger partial charge on any atom is -0.370 e. The van der Waals surface area contributed by atoms with Crippen LogP contribution in [0.1, 0.15) is 31.9 Å². The fourth-order valence-electron chi connectivity index (χ4n) is 2.78. The molecule has 4 heteroatoms. The maximum atomic E-state index is 3.74. The molecule has 1 heterocycles. The van der Waals surface area contributed by atoms with Gasteiger partial charge in [0.05, 0.1) is 0 Å². The maximum absolute atomic E-state index is 3.74. The van der Waals surface area contributed by atoms with Crippen molar-refractivity contribution in [2.45, 2.75) is 26.3 Å². The van der Waals surface area contributed by atoms with Crippen LogP contribution in [-0.2, 0) is 0 Å². The quantitative estimate of drug-likeness (QED) is 0.908. The molecule has 20 heavy (non-hydrogen) atoms. The number of hydrogen-bond acceptors (Lipinski definition) is 3. The van der Waals surface area contributed by atoms with E-state index in [1.54, 1.807) is 0 Å². The molecular weight excluding hydrogens is 314 g/mol. The molecule has 0 aromatic heterocycles. The van der Waals surface area contributed by atoms with Crippen molar-refractivity contribution < 1.29 is 0 Å². The second-order valence-corrected chi connectivity index (χ2v) is 6.48. The molecule has 1 aliphatic rings. The predicted octanol–water partition coefficient (Wildman–Crippen LogP) is 3.26. The molecular formula is C16H26BrN3. The Morgan fingerprint density at radius 1 is 1.25 bits per heavy atom. The number of likely N-dealkylation sites (N-methyl/N-ethyl adjacent to an activating group) is 1. The van der Waals surface area contributed by atoms with E-state index in [0.717, 1.165) is 26.2 Å². The van der Waals surface area contributed by atoms with Gasteiger partial charge in [0.1, 0.15) is 0 Å². The Labute approximate surface area is 131 Å². The van der Waals surface area contributed by atoms with E-state index in [4.69, 9.17) is 0 Å². The van der Waals surface area contributed by atoms with Crippen molar-refractivity contribution in [3.63, 3.8) is 0 Å². The summed E-state index contributed by atoms with van der Waals surface area (Å²) >= 11 is 3.74. The summed E-state index contributed by atoms with van der Waals surface area (Å²) in [4.78, 5) is 4.91. The summed E-state index contributed by atoms with van der Waals surface area (Å²) < 4.78 is 1.21. The molecule has 0 bridgehead atoms. The normalized spacial score (nSPS) is 18.9. The van der Waals surface area contributed by atoms with Crippen LogP contribution in [0.3, 0.4) is 0 Å². The molecule has 1 unspecified atom stereocenters. The van der Waals surface area contributed by atoms with Crippen LogP contribution >= 0.6 is 15.9 Å². The minimum atomic E-state index is 0.388. The van der Waals surface area contributed by atoms with Gasteiger partial charge in [-0.05, 0) is 51.2 Å². The molecule has 1 atom stereocenters. The number of hydrogen-bond donors (Lipinski definition) is 1. The number of benzene rings is 1. The largest absolute Gasteiger partial charge is 0.370 e. The van der Waals surface area contributed by atoms with Gasteiger partial charge in [0, 0.05) is 35.8 Å². The predicted molar refractivity (Wildman–Crippen MR) is 90.6 cm³/mol. The van der Waals surface area contributed by atoms with Gasteiger partial charge >= 0.3 is 0 Å². The van der Waals surface area contributed by atoms with Crippen LogP contribution in [0.2, 0.25) is 0 Å². The van der Waals surface area contributed by atoms with Gasteiger partial charge in [0.15, 0.2) is 0 Å². The van der Waals surface area contributed by atoms with Gasteiger partial charge in [-0.2, -0.15) is 0 Å². The van der Waals surface area contributed by atoms with Crippen LogP contribution < -0.4 is 10.2 Å². The van der Waals surface area contributed by atoms with Crippen molar-refractivity contribution in [2.24, 2.45) is 0 Å². The summed E-state index contributed by atoms with van der Waals surface area (Å²) in [7, 11) is 2.21. The summed E-state index contributed by atoms with van der Waals surface area (Å²) in [6, 6.07) is 7.17. The van der Waals surface area contributed by atoms with Crippen LogP contribution in [0, 0.1) is 0 Å². The third-order valence-electron chi connectivity index (χ3n) is 4.05. The van der Waals surface area contributed by atoms with E-state index < -0.39 is 0 Å². The standard InChI is InChI=1S/C16H26BrN3/c1-4-18-13(2)15-7-6-14(12-16(15)17)20-9-5-8-19(3)10-11-20/h6-7,12-13,18H,4-5,8-11H2,1-3H3. The van der Waals surface area contributed by atoms with Crippen molar-refractivity contribution in [3.8, 4) is 0 Å². The highest BCUT2D eigenvalue weighted by Gasteiger charge is 2.15.